The lowest BCUT2D eigenvalue weighted by molar-refractivity contribution is 0.0957. The standard InChI is InChI=1S/C11H17N3OS/c1-8-4-5-14(6-8)7-9-2-3-10(16-9)11(15)13-12/h2-3,8H,4-7,12H2,1H3,(H,13,15). The Morgan fingerprint density at radius 3 is 3.12 bits per heavy atom. The molecule has 1 aliphatic heterocycles. The van der Waals surface area contributed by atoms with Crippen LogP contribution in [0.5, 0.6) is 0 Å². The van der Waals surface area contributed by atoms with Gasteiger partial charge in [0.1, 0.15) is 0 Å². The van der Waals surface area contributed by atoms with E-state index in [0.29, 0.717) is 4.88 Å². The lowest BCUT2D eigenvalue weighted by atomic mass is 10.2. The largest absolute Gasteiger partial charge is 0.298 e. The van der Waals surface area contributed by atoms with Crippen molar-refractivity contribution in [3.63, 3.8) is 0 Å². The number of rotatable bonds is 3. The van der Waals surface area contributed by atoms with Crippen LogP contribution in [0, 0.1) is 5.92 Å². The molecular weight excluding hydrogens is 222 g/mol. The average Bonchev–Trinajstić information content (AvgIpc) is 2.87. The molecule has 0 bridgehead atoms. The van der Waals surface area contributed by atoms with Gasteiger partial charge in [-0.1, -0.05) is 6.92 Å². The van der Waals surface area contributed by atoms with E-state index < -0.39 is 0 Å². The highest BCUT2D eigenvalue weighted by Crippen LogP contribution is 2.22. The summed E-state index contributed by atoms with van der Waals surface area (Å²) >= 11 is 1.52. The van der Waals surface area contributed by atoms with Gasteiger partial charge in [0, 0.05) is 18.0 Å². The maximum absolute atomic E-state index is 11.3. The fourth-order valence-corrected chi connectivity index (χ4v) is 3.00. The Morgan fingerprint density at radius 2 is 2.50 bits per heavy atom. The van der Waals surface area contributed by atoms with Crippen molar-refractivity contribution in [3.05, 3.63) is 21.9 Å². The minimum atomic E-state index is -0.203. The van der Waals surface area contributed by atoms with E-state index in [1.54, 1.807) is 0 Å². The van der Waals surface area contributed by atoms with Gasteiger partial charge in [0.25, 0.3) is 5.91 Å². The third-order valence-corrected chi connectivity index (χ3v) is 3.97. The van der Waals surface area contributed by atoms with Gasteiger partial charge in [-0.05, 0) is 31.0 Å². The third kappa shape index (κ3) is 2.61. The van der Waals surface area contributed by atoms with Gasteiger partial charge in [-0.15, -0.1) is 11.3 Å². The van der Waals surface area contributed by atoms with Crippen molar-refractivity contribution in [2.45, 2.75) is 19.9 Å². The molecule has 0 saturated carbocycles. The molecule has 1 amide bonds. The zero-order valence-corrected chi connectivity index (χ0v) is 10.2. The number of likely N-dealkylation sites (tertiary alicyclic amines) is 1. The van der Waals surface area contributed by atoms with Gasteiger partial charge in [0.2, 0.25) is 0 Å². The molecule has 0 radical (unpaired) electrons. The van der Waals surface area contributed by atoms with Crippen LogP contribution in [0.25, 0.3) is 0 Å². The molecule has 2 rings (SSSR count). The summed E-state index contributed by atoms with van der Waals surface area (Å²) in [5, 5.41) is 0. The first-order valence-electron chi connectivity index (χ1n) is 5.51. The molecule has 1 atom stereocenters. The number of carbonyl (C=O) groups is 1. The highest BCUT2D eigenvalue weighted by Gasteiger charge is 2.19. The quantitative estimate of drug-likeness (QED) is 0.473. The Balaban J connectivity index is 1.95. The van der Waals surface area contributed by atoms with Crippen LogP contribution >= 0.6 is 11.3 Å². The molecule has 1 aromatic heterocycles. The maximum Gasteiger partial charge on any atom is 0.275 e. The second kappa shape index (κ2) is 4.95. The van der Waals surface area contributed by atoms with Crippen molar-refractivity contribution in [2.75, 3.05) is 13.1 Å². The first-order valence-corrected chi connectivity index (χ1v) is 6.32. The number of nitrogens with one attached hydrogen (secondary N) is 1. The van der Waals surface area contributed by atoms with E-state index in [9.17, 15) is 4.79 Å². The SMILES string of the molecule is CC1CCN(Cc2ccc(C(=O)NN)s2)C1. The van der Waals surface area contributed by atoms with Crippen molar-refractivity contribution in [3.8, 4) is 0 Å². The maximum atomic E-state index is 11.3. The normalized spacial score (nSPS) is 21.2. The van der Waals surface area contributed by atoms with E-state index in [-0.39, 0.29) is 5.91 Å². The van der Waals surface area contributed by atoms with Crippen LogP contribution in [-0.4, -0.2) is 23.9 Å². The van der Waals surface area contributed by atoms with Gasteiger partial charge in [0.15, 0.2) is 0 Å². The molecule has 0 spiro atoms. The van der Waals surface area contributed by atoms with Gasteiger partial charge in [-0.2, -0.15) is 0 Å². The molecule has 1 unspecified atom stereocenters. The van der Waals surface area contributed by atoms with Crippen LogP contribution in [-0.2, 0) is 6.54 Å². The van der Waals surface area contributed by atoms with Gasteiger partial charge >= 0.3 is 0 Å². The summed E-state index contributed by atoms with van der Waals surface area (Å²) in [5.41, 5.74) is 2.15. The second-order valence-electron chi connectivity index (χ2n) is 4.37. The summed E-state index contributed by atoms with van der Waals surface area (Å²) in [5.74, 6) is 5.69. The fourth-order valence-electron chi connectivity index (χ4n) is 2.05. The number of thiophene rings is 1. The molecule has 1 aliphatic rings. The summed E-state index contributed by atoms with van der Waals surface area (Å²) in [6.45, 7) is 5.56. The van der Waals surface area contributed by atoms with E-state index in [1.165, 1.54) is 22.6 Å². The van der Waals surface area contributed by atoms with E-state index in [4.69, 9.17) is 5.84 Å². The summed E-state index contributed by atoms with van der Waals surface area (Å²) in [4.78, 5) is 15.6. The predicted octanol–water partition coefficient (Wildman–Crippen LogP) is 1.19. The average molecular weight is 239 g/mol. The van der Waals surface area contributed by atoms with E-state index in [0.717, 1.165) is 25.6 Å². The number of nitrogens with two attached hydrogens (primary N) is 1. The molecule has 1 aromatic rings. The second-order valence-corrected chi connectivity index (χ2v) is 5.54. The minimum Gasteiger partial charge on any atom is -0.298 e. The summed E-state index contributed by atoms with van der Waals surface area (Å²) in [6.07, 6.45) is 1.28. The van der Waals surface area contributed by atoms with Crippen LogP contribution in [0.15, 0.2) is 12.1 Å². The van der Waals surface area contributed by atoms with Crippen molar-refractivity contribution < 1.29 is 4.79 Å². The molecule has 88 valence electrons. The van der Waals surface area contributed by atoms with Crippen LogP contribution in [0.2, 0.25) is 0 Å². The summed E-state index contributed by atoms with van der Waals surface area (Å²) in [6, 6.07) is 3.85. The van der Waals surface area contributed by atoms with Crippen LogP contribution < -0.4 is 11.3 Å². The van der Waals surface area contributed by atoms with E-state index >= 15 is 0 Å². The smallest absolute Gasteiger partial charge is 0.275 e. The minimum absolute atomic E-state index is 0.203. The number of nitrogens with zero attached hydrogens (tertiary/aromatic N) is 1. The molecule has 3 N–H and O–H groups in total. The van der Waals surface area contributed by atoms with Gasteiger partial charge in [-0.25, -0.2) is 5.84 Å². The number of hydrogen-bond donors (Lipinski definition) is 2. The fraction of sp³-hybridized carbons (Fsp3) is 0.545. The summed E-state index contributed by atoms with van der Waals surface area (Å²) in [7, 11) is 0. The molecular formula is C11H17N3OS. The zero-order valence-electron chi connectivity index (χ0n) is 9.40. The monoisotopic (exact) mass is 239 g/mol. The first kappa shape index (κ1) is 11.6. The Kier molecular flexibility index (Phi) is 3.58. The van der Waals surface area contributed by atoms with Gasteiger partial charge in [-0.3, -0.25) is 15.1 Å². The summed E-state index contributed by atoms with van der Waals surface area (Å²) < 4.78 is 0. The molecule has 1 fully saturated rings. The van der Waals surface area contributed by atoms with Gasteiger partial charge < -0.3 is 0 Å². The lowest BCUT2D eigenvalue weighted by Crippen LogP contribution is -2.29. The van der Waals surface area contributed by atoms with Crippen molar-refractivity contribution in [1.82, 2.24) is 10.3 Å². The third-order valence-electron chi connectivity index (χ3n) is 2.90. The van der Waals surface area contributed by atoms with E-state index in [2.05, 4.69) is 17.2 Å². The predicted molar refractivity (Wildman–Crippen MR) is 65.0 cm³/mol. The Morgan fingerprint density at radius 1 is 1.69 bits per heavy atom. The molecule has 0 aliphatic carbocycles. The highest BCUT2D eigenvalue weighted by atomic mass is 32.1. The van der Waals surface area contributed by atoms with Crippen LogP contribution in [0.4, 0.5) is 0 Å². The first-order chi connectivity index (χ1) is 7.69. The Hall–Kier alpha value is -0.910. The topological polar surface area (TPSA) is 58.4 Å². The molecule has 1 saturated heterocycles. The number of nitrogen functional groups attached to an aromatic ring is 1. The Bertz CT molecular complexity index is 377. The highest BCUT2D eigenvalue weighted by molar-refractivity contribution is 7.14. The molecule has 2 heterocycles. The number of carbonyl (C=O) groups excluding carboxylic acids is 1. The van der Waals surface area contributed by atoms with Gasteiger partial charge in [0.05, 0.1) is 4.88 Å². The van der Waals surface area contributed by atoms with Crippen molar-refractivity contribution in [2.24, 2.45) is 11.8 Å². The number of amides is 1. The number of hydrogen-bond acceptors (Lipinski definition) is 4. The van der Waals surface area contributed by atoms with Crippen LogP contribution in [0.3, 0.4) is 0 Å². The molecule has 5 heteroatoms. The lowest BCUT2D eigenvalue weighted by Gasteiger charge is -2.13. The number of hydrazine groups is 1. The molecule has 16 heavy (non-hydrogen) atoms. The van der Waals surface area contributed by atoms with E-state index in [1.807, 2.05) is 12.1 Å². The zero-order chi connectivity index (χ0) is 11.5. The molecule has 4 nitrogen and oxygen atoms in total. The van der Waals surface area contributed by atoms with Crippen molar-refractivity contribution in [1.29, 1.82) is 0 Å². The van der Waals surface area contributed by atoms with Crippen LogP contribution in [0.1, 0.15) is 27.9 Å². The molecule has 0 aromatic carbocycles. The Labute approximate surface area is 99.4 Å². The van der Waals surface area contributed by atoms with Crippen molar-refractivity contribution >= 4 is 17.2 Å².